The smallest absolute Gasteiger partial charge is 0.306 e. The first-order valence-corrected chi connectivity index (χ1v) is 26.7. The molecule has 0 aromatic carbocycles. The molecular weight excluding hydrogens is 897 g/mol. The molecule has 7 N–H and O–H groups in total. The molecule has 70 heavy (non-hydrogen) atoms. The van der Waals surface area contributed by atoms with E-state index in [1.807, 2.05) is 0 Å². The van der Waals surface area contributed by atoms with Gasteiger partial charge in [0.1, 0.15) is 54.9 Å². The van der Waals surface area contributed by atoms with Crippen molar-refractivity contribution in [1.82, 2.24) is 0 Å². The standard InChI is InChI=1S/C56H94O14/c1-3-5-7-9-11-13-15-17-18-19-20-21-22-23-24-25-26-27-29-31-33-35-37-39-48(58)68-45(42-65-40-38-36-34-32-30-28-16-14-12-10-8-6-4-2)43-66-55-54(64)52(62)50(60)47(70-55)44-67-56-53(63)51(61)49(59)46(41-57)69-56/h5,7,11-14,17-18,20-21,23-24,26-27,45-47,49-57,59-64H,3-4,6,8-10,15-16,19,22,25,28-44H2,1-2H3/b7-5-,13-11-,14-12-,18-17-,21-20-,24-23-,27-26-. The van der Waals surface area contributed by atoms with Crippen LogP contribution in [0.4, 0.5) is 0 Å². The average Bonchev–Trinajstić information content (AvgIpc) is 3.36. The fourth-order valence-corrected chi connectivity index (χ4v) is 7.81. The van der Waals surface area contributed by atoms with Gasteiger partial charge in [-0.15, -0.1) is 0 Å². The second-order valence-electron chi connectivity index (χ2n) is 18.3. The third-order valence-electron chi connectivity index (χ3n) is 12.1. The Balaban J connectivity index is 1.76. The molecule has 2 aliphatic heterocycles. The lowest BCUT2D eigenvalue weighted by molar-refractivity contribution is -0.332. The van der Waals surface area contributed by atoms with E-state index >= 15 is 0 Å². The molecule has 0 aliphatic carbocycles. The van der Waals surface area contributed by atoms with E-state index in [2.05, 4.69) is 98.9 Å². The Hall–Kier alpha value is -2.83. The minimum atomic E-state index is -1.72. The van der Waals surface area contributed by atoms with E-state index < -0.39 is 86.7 Å². The Morgan fingerprint density at radius 3 is 1.47 bits per heavy atom. The molecule has 14 nitrogen and oxygen atoms in total. The van der Waals surface area contributed by atoms with E-state index in [-0.39, 0.29) is 19.6 Å². The highest BCUT2D eigenvalue weighted by atomic mass is 16.7. The predicted octanol–water partition coefficient (Wildman–Crippen LogP) is 8.46. The molecule has 0 saturated carbocycles. The fourth-order valence-electron chi connectivity index (χ4n) is 7.81. The second kappa shape index (κ2) is 42.7. The number of esters is 1. The molecule has 2 heterocycles. The number of rotatable bonds is 41. The number of hydrogen-bond donors (Lipinski definition) is 7. The first kappa shape index (κ1) is 63.3. The molecule has 11 atom stereocenters. The van der Waals surface area contributed by atoms with Gasteiger partial charge in [-0.2, -0.15) is 0 Å². The van der Waals surface area contributed by atoms with Gasteiger partial charge in [0.25, 0.3) is 0 Å². The zero-order valence-corrected chi connectivity index (χ0v) is 42.7. The summed E-state index contributed by atoms with van der Waals surface area (Å²) in [7, 11) is 0. The van der Waals surface area contributed by atoms with Crippen molar-refractivity contribution in [3.63, 3.8) is 0 Å². The van der Waals surface area contributed by atoms with Crippen LogP contribution in [0.3, 0.4) is 0 Å². The van der Waals surface area contributed by atoms with Crippen molar-refractivity contribution in [2.75, 3.05) is 33.0 Å². The van der Waals surface area contributed by atoms with Gasteiger partial charge in [-0.05, 0) is 89.9 Å². The van der Waals surface area contributed by atoms with Crippen LogP contribution in [0.5, 0.6) is 0 Å². The molecule has 2 aliphatic rings. The average molecular weight is 991 g/mol. The second-order valence-corrected chi connectivity index (χ2v) is 18.3. The Labute approximate surface area is 420 Å². The molecule has 0 aromatic rings. The highest BCUT2D eigenvalue weighted by Crippen LogP contribution is 2.26. The van der Waals surface area contributed by atoms with Gasteiger partial charge in [0, 0.05) is 13.0 Å². The Kier molecular flexibility index (Phi) is 38.6. The first-order valence-electron chi connectivity index (χ1n) is 26.7. The van der Waals surface area contributed by atoms with E-state index in [9.17, 15) is 40.5 Å². The van der Waals surface area contributed by atoms with E-state index in [0.29, 0.717) is 13.0 Å². The molecule has 11 unspecified atom stereocenters. The van der Waals surface area contributed by atoms with Crippen molar-refractivity contribution in [2.45, 2.75) is 229 Å². The van der Waals surface area contributed by atoms with Crippen molar-refractivity contribution in [1.29, 1.82) is 0 Å². The molecule has 14 heteroatoms. The summed E-state index contributed by atoms with van der Waals surface area (Å²) >= 11 is 0. The van der Waals surface area contributed by atoms with Crippen LogP contribution in [0.2, 0.25) is 0 Å². The van der Waals surface area contributed by atoms with Crippen LogP contribution >= 0.6 is 0 Å². The molecule has 0 radical (unpaired) electrons. The number of carbonyl (C=O) groups is 1. The highest BCUT2D eigenvalue weighted by Gasteiger charge is 2.47. The van der Waals surface area contributed by atoms with Crippen LogP contribution in [0.1, 0.15) is 162 Å². The zero-order valence-electron chi connectivity index (χ0n) is 42.7. The van der Waals surface area contributed by atoms with Gasteiger partial charge in [0.05, 0.1) is 26.4 Å². The number of hydrogen-bond acceptors (Lipinski definition) is 14. The van der Waals surface area contributed by atoms with E-state index in [1.54, 1.807) is 0 Å². The van der Waals surface area contributed by atoms with Gasteiger partial charge < -0.3 is 64.2 Å². The monoisotopic (exact) mass is 991 g/mol. The summed E-state index contributed by atoms with van der Waals surface area (Å²) in [5.74, 6) is -0.406. The van der Waals surface area contributed by atoms with Crippen LogP contribution in [0.25, 0.3) is 0 Å². The Bertz CT molecular complexity index is 1480. The molecule has 2 fully saturated rings. The third kappa shape index (κ3) is 29.6. The molecular formula is C56H94O14. The van der Waals surface area contributed by atoms with Gasteiger partial charge in [0.15, 0.2) is 12.6 Å². The summed E-state index contributed by atoms with van der Waals surface area (Å²) in [6.45, 7) is 3.48. The van der Waals surface area contributed by atoms with E-state index in [0.717, 1.165) is 89.9 Å². The summed E-state index contributed by atoms with van der Waals surface area (Å²) in [5.41, 5.74) is 0. The molecule has 2 saturated heterocycles. The number of aliphatic hydroxyl groups excluding tert-OH is 7. The number of unbranched alkanes of at least 4 members (excludes halogenated alkanes) is 13. The molecule has 0 aromatic heterocycles. The van der Waals surface area contributed by atoms with Crippen LogP contribution < -0.4 is 0 Å². The lowest BCUT2D eigenvalue weighted by atomic mass is 9.98. The fraction of sp³-hybridized carbons (Fsp3) is 0.732. The summed E-state index contributed by atoms with van der Waals surface area (Å²) in [4.78, 5) is 13.0. The largest absolute Gasteiger partial charge is 0.457 e. The van der Waals surface area contributed by atoms with Crippen LogP contribution in [0, 0.1) is 0 Å². The van der Waals surface area contributed by atoms with E-state index in [4.69, 9.17) is 28.4 Å². The Morgan fingerprint density at radius 2 is 0.929 bits per heavy atom. The quantitative estimate of drug-likeness (QED) is 0.0174. The van der Waals surface area contributed by atoms with Crippen molar-refractivity contribution in [3.05, 3.63) is 85.1 Å². The van der Waals surface area contributed by atoms with Gasteiger partial charge in [-0.25, -0.2) is 0 Å². The van der Waals surface area contributed by atoms with Crippen LogP contribution in [0.15, 0.2) is 85.1 Å². The summed E-state index contributed by atoms with van der Waals surface area (Å²) in [6, 6.07) is 0. The van der Waals surface area contributed by atoms with Gasteiger partial charge in [-0.1, -0.05) is 150 Å². The lowest BCUT2D eigenvalue weighted by Crippen LogP contribution is -2.61. The lowest BCUT2D eigenvalue weighted by Gasteiger charge is -2.42. The van der Waals surface area contributed by atoms with Crippen molar-refractivity contribution < 1.29 is 69.0 Å². The minimum Gasteiger partial charge on any atom is -0.457 e. The van der Waals surface area contributed by atoms with Crippen LogP contribution in [-0.2, 0) is 33.2 Å². The normalized spacial score (nSPS) is 26.2. The maximum atomic E-state index is 13.0. The number of carbonyl (C=O) groups excluding carboxylic acids is 1. The molecule has 402 valence electrons. The van der Waals surface area contributed by atoms with E-state index in [1.165, 1.54) is 44.9 Å². The summed E-state index contributed by atoms with van der Waals surface area (Å²) in [6.07, 6.45) is 37.8. The minimum absolute atomic E-state index is 0.0416. The molecule has 0 amide bonds. The van der Waals surface area contributed by atoms with Gasteiger partial charge >= 0.3 is 5.97 Å². The topological polar surface area (TPSA) is 214 Å². The first-order chi connectivity index (χ1) is 34.1. The van der Waals surface area contributed by atoms with Gasteiger partial charge in [0.2, 0.25) is 0 Å². The summed E-state index contributed by atoms with van der Waals surface area (Å²) in [5, 5.41) is 72.2. The zero-order chi connectivity index (χ0) is 50.9. The van der Waals surface area contributed by atoms with Gasteiger partial charge in [-0.3, -0.25) is 4.79 Å². The van der Waals surface area contributed by atoms with Crippen molar-refractivity contribution in [3.8, 4) is 0 Å². The molecule has 0 spiro atoms. The molecule has 2 rings (SSSR count). The number of ether oxygens (including phenoxy) is 6. The number of aliphatic hydroxyl groups is 7. The maximum Gasteiger partial charge on any atom is 0.306 e. The number of allylic oxidation sites excluding steroid dienone is 14. The van der Waals surface area contributed by atoms with Crippen molar-refractivity contribution in [2.24, 2.45) is 0 Å². The highest BCUT2D eigenvalue weighted by molar-refractivity contribution is 5.69. The Morgan fingerprint density at radius 1 is 0.486 bits per heavy atom. The van der Waals surface area contributed by atoms with Crippen molar-refractivity contribution >= 4 is 5.97 Å². The van der Waals surface area contributed by atoms with Crippen LogP contribution in [-0.4, -0.2) is 142 Å². The third-order valence-corrected chi connectivity index (χ3v) is 12.1. The SMILES string of the molecule is CC/C=C\C/C=C\C/C=C\C/C=C\C/C=C\C/C=C\CCCCCCC(=O)OC(COCCCCCCCC/C=C\CCCCC)COC1OC(COC2OC(CO)C(O)C(O)C2O)C(O)C(O)C1O. The predicted molar refractivity (Wildman–Crippen MR) is 275 cm³/mol. The summed E-state index contributed by atoms with van der Waals surface area (Å²) < 4.78 is 34.2. The maximum absolute atomic E-state index is 13.0. The molecule has 0 bridgehead atoms.